The SMILES string of the molecule is COc1ccccc1N=c1oc2c(OC)cccc2cc1C(=O)NCc1ccco1. The van der Waals surface area contributed by atoms with Crippen LogP contribution in [0.5, 0.6) is 11.5 Å². The molecule has 4 aromatic rings. The smallest absolute Gasteiger partial charge is 0.257 e. The highest BCUT2D eigenvalue weighted by molar-refractivity contribution is 5.97. The Kier molecular flexibility index (Phi) is 5.52. The number of hydrogen-bond acceptors (Lipinski definition) is 6. The van der Waals surface area contributed by atoms with Gasteiger partial charge in [-0.15, -0.1) is 0 Å². The van der Waals surface area contributed by atoms with Crippen molar-refractivity contribution >= 4 is 22.6 Å². The number of para-hydroxylation sites is 3. The molecule has 4 rings (SSSR count). The standard InChI is InChI=1S/C23H20N2O5/c1-27-19-10-4-3-9-18(19)25-23-17(22(26)24-14-16-8-6-12-29-16)13-15-7-5-11-20(28-2)21(15)30-23/h3-13H,14H2,1-2H3,(H,24,26). The highest BCUT2D eigenvalue weighted by Crippen LogP contribution is 2.27. The Morgan fingerprint density at radius 3 is 2.57 bits per heavy atom. The second-order valence-electron chi connectivity index (χ2n) is 6.39. The summed E-state index contributed by atoms with van der Waals surface area (Å²) in [6.07, 6.45) is 1.56. The first-order valence-corrected chi connectivity index (χ1v) is 9.29. The van der Waals surface area contributed by atoms with E-state index in [-0.39, 0.29) is 23.6 Å². The number of fused-ring (bicyclic) bond motifs is 1. The van der Waals surface area contributed by atoms with Gasteiger partial charge in [0, 0.05) is 5.39 Å². The van der Waals surface area contributed by atoms with Crippen molar-refractivity contribution in [2.75, 3.05) is 14.2 Å². The molecule has 7 nitrogen and oxygen atoms in total. The maximum Gasteiger partial charge on any atom is 0.257 e. The molecule has 2 heterocycles. The van der Waals surface area contributed by atoms with Crippen LogP contribution in [0.1, 0.15) is 16.1 Å². The minimum Gasteiger partial charge on any atom is -0.494 e. The van der Waals surface area contributed by atoms with E-state index in [1.807, 2.05) is 24.3 Å². The van der Waals surface area contributed by atoms with Crippen LogP contribution < -0.4 is 20.3 Å². The summed E-state index contributed by atoms with van der Waals surface area (Å²) in [6, 6.07) is 18.0. The number of methoxy groups -OCH3 is 2. The molecule has 0 unspecified atom stereocenters. The van der Waals surface area contributed by atoms with Crippen LogP contribution in [0, 0.1) is 0 Å². The van der Waals surface area contributed by atoms with Crippen LogP contribution in [0.2, 0.25) is 0 Å². The second-order valence-corrected chi connectivity index (χ2v) is 6.39. The van der Waals surface area contributed by atoms with E-state index in [9.17, 15) is 4.79 Å². The number of carbonyl (C=O) groups excluding carboxylic acids is 1. The largest absolute Gasteiger partial charge is 0.494 e. The van der Waals surface area contributed by atoms with Crippen molar-refractivity contribution in [3.05, 3.63) is 83.8 Å². The van der Waals surface area contributed by atoms with Crippen LogP contribution in [0.4, 0.5) is 5.69 Å². The zero-order chi connectivity index (χ0) is 20.9. The van der Waals surface area contributed by atoms with Gasteiger partial charge in [0.05, 0.1) is 27.0 Å². The summed E-state index contributed by atoms with van der Waals surface area (Å²) in [6.45, 7) is 0.246. The highest BCUT2D eigenvalue weighted by Gasteiger charge is 2.15. The van der Waals surface area contributed by atoms with Crippen molar-refractivity contribution in [2.24, 2.45) is 4.99 Å². The van der Waals surface area contributed by atoms with Crippen molar-refractivity contribution in [2.45, 2.75) is 6.54 Å². The highest BCUT2D eigenvalue weighted by atomic mass is 16.5. The first-order valence-electron chi connectivity index (χ1n) is 9.29. The number of amides is 1. The summed E-state index contributed by atoms with van der Waals surface area (Å²) in [5, 5.41) is 3.55. The van der Waals surface area contributed by atoms with Crippen LogP contribution in [-0.4, -0.2) is 20.1 Å². The lowest BCUT2D eigenvalue weighted by atomic mass is 10.1. The predicted octanol–water partition coefficient (Wildman–Crippen LogP) is 4.21. The third-order valence-corrected chi connectivity index (χ3v) is 4.51. The monoisotopic (exact) mass is 404 g/mol. The fourth-order valence-corrected chi connectivity index (χ4v) is 3.04. The molecule has 1 N–H and O–H groups in total. The van der Waals surface area contributed by atoms with Crippen LogP contribution >= 0.6 is 0 Å². The fraction of sp³-hybridized carbons (Fsp3) is 0.130. The molecule has 0 aliphatic heterocycles. The number of carbonyl (C=O) groups is 1. The number of nitrogens with zero attached hydrogens (tertiary/aromatic N) is 1. The minimum atomic E-state index is -0.339. The van der Waals surface area contributed by atoms with E-state index in [0.717, 1.165) is 5.39 Å². The third-order valence-electron chi connectivity index (χ3n) is 4.51. The molecule has 0 radical (unpaired) electrons. The topological polar surface area (TPSA) is 86.2 Å². The molecule has 0 aliphatic carbocycles. The van der Waals surface area contributed by atoms with Crippen LogP contribution in [0.3, 0.4) is 0 Å². The van der Waals surface area contributed by atoms with Crippen molar-refractivity contribution < 1.29 is 23.1 Å². The first-order chi connectivity index (χ1) is 14.7. The van der Waals surface area contributed by atoms with Crippen molar-refractivity contribution in [1.82, 2.24) is 5.32 Å². The summed E-state index contributed by atoms with van der Waals surface area (Å²) in [5.74, 6) is 1.42. The molecule has 0 bridgehead atoms. The number of hydrogen-bond donors (Lipinski definition) is 1. The Bertz CT molecular complexity index is 1240. The summed E-state index contributed by atoms with van der Waals surface area (Å²) < 4.78 is 22.1. The average molecular weight is 404 g/mol. The first kappa shape index (κ1) is 19.3. The molecule has 0 saturated carbocycles. The fourth-order valence-electron chi connectivity index (χ4n) is 3.04. The number of furan rings is 1. The Labute approximate surface area is 172 Å². The molecule has 30 heavy (non-hydrogen) atoms. The Morgan fingerprint density at radius 1 is 1.00 bits per heavy atom. The van der Waals surface area contributed by atoms with Gasteiger partial charge in [-0.3, -0.25) is 4.79 Å². The van der Waals surface area contributed by atoms with Gasteiger partial charge in [0.1, 0.15) is 22.8 Å². The van der Waals surface area contributed by atoms with Gasteiger partial charge in [-0.1, -0.05) is 24.3 Å². The maximum atomic E-state index is 13.0. The maximum absolute atomic E-state index is 13.0. The van der Waals surface area contributed by atoms with Gasteiger partial charge in [0.25, 0.3) is 5.91 Å². The van der Waals surface area contributed by atoms with Gasteiger partial charge in [-0.25, -0.2) is 4.99 Å². The Morgan fingerprint density at radius 2 is 1.80 bits per heavy atom. The van der Waals surface area contributed by atoms with Gasteiger partial charge in [-0.2, -0.15) is 0 Å². The normalized spacial score (nSPS) is 11.5. The van der Waals surface area contributed by atoms with Gasteiger partial charge >= 0.3 is 0 Å². The summed E-state index contributed by atoms with van der Waals surface area (Å²) >= 11 is 0. The van der Waals surface area contributed by atoms with E-state index in [1.54, 1.807) is 56.9 Å². The molecule has 0 aliphatic rings. The van der Waals surface area contributed by atoms with E-state index in [2.05, 4.69) is 10.3 Å². The van der Waals surface area contributed by atoms with Gasteiger partial charge < -0.3 is 23.6 Å². The molecule has 1 amide bonds. The van der Waals surface area contributed by atoms with E-state index >= 15 is 0 Å². The zero-order valence-corrected chi connectivity index (χ0v) is 16.5. The van der Waals surface area contributed by atoms with E-state index in [4.69, 9.17) is 18.3 Å². The van der Waals surface area contributed by atoms with E-state index < -0.39 is 0 Å². The number of ether oxygens (including phenoxy) is 2. The second kappa shape index (κ2) is 8.57. The molecular weight excluding hydrogens is 384 g/mol. The van der Waals surface area contributed by atoms with Crippen LogP contribution in [-0.2, 0) is 6.54 Å². The summed E-state index contributed by atoms with van der Waals surface area (Å²) in [7, 11) is 3.12. The Balaban J connectivity index is 1.85. The van der Waals surface area contributed by atoms with E-state index in [1.165, 1.54) is 0 Å². The minimum absolute atomic E-state index is 0.147. The zero-order valence-electron chi connectivity index (χ0n) is 16.5. The molecular formula is C23H20N2O5. The van der Waals surface area contributed by atoms with Crippen LogP contribution in [0.25, 0.3) is 11.0 Å². The molecule has 0 spiro atoms. The number of nitrogens with one attached hydrogen (secondary N) is 1. The lowest BCUT2D eigenvalue weighted by Gasteiger charge is -2.09. The molecule has 7 heteroatoms. The summed E-state index contributed by atoms with van der Waals surface area (Å²) in [5.41, 5.74) is 1.47. The van der Waals surface area contributed by atoms with Crippen molar-refractivity contribution in [3.63, 3.8) is 0 Å². The lowest BCUT2D eigenvalue weighted by Crippen LogP contribution is -2.28. The van der Waals surface area contributed by atoms with Crippen molar-refractivity contribution in [3.8, 4) is 11.5 Å². The molecule has 2 aromatic carbocycles. The molecule has 0 atom stereocenters. The third kappa shape index (κ3) is 3.91. The number of rotatable bonds is 6. The Hall–Kier alpha value is -4.00. The van der Waals surface area contributed by atoms with Gasteiger partial charge in [-0.05, 0) is 36.4 Å². The van der Waals surface area contributed by atoms with Gasteiger partial charge in [0.15, 0.2) is 11.3 Å². The van der Waals surface area contributed by atoms with Crippen molar-refractivity contribution in [1.29, 1.82) is 0 Å². The number of benzene rings is 2. The molecule has 0 saturated heterocycles. The lowest BCUT2D eigenvalue weighted by molar-refractivity contribution is 0.0944. The average Bonchev–Trinajstić information content (AvgIpc) is 3.30. The summed E-state index contributed by atoms with van der Waals surface area (Å²) in [4.78, 5) is 17.5. The molecule has 152 valence electrons. The quantitative estimate of drug-likeness (QED) is 0.520. The molecule has 2 aromatic heterocycles. The van der Waals surface area contributed by atoms with Crippen LogP contribution in [0.15, 0.2) is 80.8 Å². The predicted molar refractivity (Wildman–Crippen MR) is 111 cm³/mol. The van der Waals surface area contributed by atoms with E-state index in [0.29, 0.717) is 28.5 Å². The van der Waals surface area contributed by atoms with Gasteiger partial charge in [0.2, 0.25) is 5.55 Å². The molecule has 0 fully saturated rings.